The molecule has 0 amide bonds. The third-order valence-corrected chi connectivity index (χ3v) is 3.97. The maximum atomic E-state index is 6.19. The van der Waals surface area contributed by atoms with Crippen LogP contribution in [0.15, 0.2) is 42.5 Å². The normalized spacial score (nSPS) is 17.6. The number of nitrogens with two attached hydrogens (primary N) is 1. The lowest BCUT2D eigenvalue weighted by atomic mass is 9.88. The van der Waals surface area contributed by atoms with Crippen molar-refractivity contribution in [3.8, 4) is 5.75 Å². The van der Waals surface area contributed by atoms with Crippen molar-refractivity contribution in [2.75, 3.05) is 0 Å². The second-order valence-corrected chi connectivity index (χ2v) is 5.64. The van der Waals surface area contributed by atoms with Crippen LogP contribution in [0.4, 0.5) is 0 Å². The van der Waals surface area contributed by atoms with Gasteiger partial charge >= 0.3 is 0 Å². The Kier molecular flexibility index (Phi) is 3.75. The number of benzene rings is 2. The number of hydrogen-bond acceptors (Lipinski definition) is 2. The first-order chi connectivity index (χ1) is 9.72. The van der Waals surface area contributed by atoms with Crippen molar-refractivity contribution in [3.05, 3.63) is 64.7 Å². The molecule has 1 atom stereocenters. The lowest BCUT2D eigenvalue weighted by molar-refractivity contribution is 0.305. The Morgan fingerprint density at radius 1 is 1.20 bits per heavy atom. The van der Waals surface area contributed by atoms with Crippen LogP contribution in [0.1, 0.15) is 41.1 Å². The van der Waals surface area contributed by atoms with Crippen LogP contribution in [0.2, 0.25) is 0 Å². The van der Waals surface area contributed by atoms with Crippen LogP contribution in [0.25, 0.3) is 0 Å². The van der Waals surface area contributed by atoms with Gasteiger partial charge in [-0.05, 0) is 55.0 Å². The Bertz CT molecular complexity index is 606. The van der Waals surface area contributed by atoms with E-state index in [1.807, 2.05) is 0 Å². The summed E-state index contributed by atoms with van der Waals surface area (Å²) in [5.74, 6) is 0.919. The molecular weight excluding hydrogens is 246 g/mol. The Hall–Kier alpha value is -1.80. The molecule has 0 aliphatic heterocycles. The van der Waals surface area contributed by atoms with Crippen molar-refractivity contribution in [2.45, 2.75) is 38.8 Å². The van der Waals surface area contributed by atoms with Crippen molar-refractivity contribution >= 4 is 0 Å². The second kappa shape index (κ2) is 5.68. The summed E-state index contributed by atoms with van der Waals surface area (Å²) in [5.41, 5.74) is 11.3. The number of aryl methyl sites for hydroxylation is 2. The lowest BCUT2D eigenvalue weighted by Gasteiger charge is -2.22. The summed E-state index contributed by atoms with van der Waals surface area (Å²) in [5, 5.41) is 0. The SMILES string of the molecule is Cc1cccc(COc2ccc3c(c2)C(N)CCC3)c1. The van der Waals surface area contributed by atoms with Gasteiger partial charge in [-0.15, -0.1) is 0 Å². The molecule has 0 spiro atoms. The predicted octanol–water partition coefficient (Wildman–Crippen LogP) is 3.91. The van der Waals surface area contributed by atoms with Gasteiger partial charge in [0, 0.05) is 6.04 Å². The van der Waals surface area contributed by atoms with E-state index in [0.29, 0.717) is 6.61 Å². The largest absolute Gasteiger partial charge is 0.489 e. The molecular formula is C18H21NO. The highest BCUT2D eigenvalue weighted by molar-refractivity contribution is 5.39. The maximum absolute atomic E-state index is 6.19. The first kappa shape index (κ1) is 13.2. The Labute approximate surface area is 120 Å². The van der Waals surface area contributed by atoms with Gasteiger partial charge in [-0.3, -0.25) is 0 Å². The number of hydrogen-bond donors (Lipinski definition) is 1. The highest BCUT2D eigenvalue weighted by Gasteiger charge is 2.17. The van der Waals surface area contributed by atoms with Crippen molar-refractivity contribution < 1.29 is 4.74 Å². The molecule has 2 heteroatoms. The smallest absolute Gasteiger partial charge is 0.120 e. The molecule has 1 aliphatic rings. The molecule has 0 fully saturated rings. The van der Waals surface area contributed by atoms with Crippen LogP contribution in [0, 0.1) is 6.92 Å². The van der Waals surface area contributed by atoms with Gasteiger partial charge in [-0.25, -0.2) is 0 Å². The third kappa shape index (κ3) is 2.86. The van der Waals surface area contributed by atoms with E-state index in [1.54, 1.807) is 0 Å². The summed E-state index contributed by atoms with van der Waals surface area (Å²) in [6.45, 7) is 2.71. The fourth-order valence-electron chi connectivity index (χ4n) is 2.87. The number of ether oxygens (including phenoxy) is 1. The molecule has 2 aromatic carbocycles. The summed E-state index contributed by atoms with van der Waals surface area (Å²) in [7, 11) is 0. The standard InChI is InChI=1S/C18H21NO/c1-13-4-2-5-14(10-13)12-20-16-9-8-15-6-3-7-18(19)17(15)11-16/h2,4-5,8-11,18H,3,6-7,12,19H2,1H3. The van der Waals surface area contributed by atoms with Gasteiger partial charge in [-0.1, -0.05) is 35.9 Å². The van der Waals surface area contributed by atoms with Gasteiger partial charge in [0.05, 0.1) is 0 Å². The van der Waals surface area contributed by atoms with Crippen LogP contribution >= 0.6 is 0 Å². The average Bonchev–Trinajstić information content (AvgIpc) is 2.46. The topological polar surface area (TPSA) is 35.2 Å². The van der Waals surface area contributed by atoms with Gasteiger partial charge in [0.1, 0.15) is 12.4 Å². The molecule has 0 bridgehead atoms. The van der Waals surface area contributed by atoms with Gasteiger partial charge in [0.2, 0.25) is 0 Å². The fourth-order valence-corrected chi connectivity index (χ4v) is 2.87. The van der Waals surface area contributed by atoms with E-state index in [1.165, 1.54) is 28.7 Å². The quantitative estimate of drug-likeness (QED) is 0.915. The van der Waals surface area contributed by atoms with Gasteiger partial charge in [-0.2, -0.15) is 0 Å². The molecule has 2 nitrogen and oxygen atoms in total. The summed E-state index contributed by atoms with van der Waals surface area (Å²) < 4.78 is 5.91. The van der Waals surface area contributed by atoms with E-state index in [4.69, 9.17) is 10.5 Å². The third-order valence-electron chi connectivity index (χ3n) is 3.97. The molecule has 20 heavy (non-hydrogen) atoms. The van der Waals surface area contributed by atoms with Crippen molar-refractivity contribution in [3.63, 3.8) is 0 Å². The van der Waals surface area contributed by atoms with Gasteiger partial charge in [0.25, 0.3) is 0 Å². The zero-order valence-electron chi connectivity index (χ0n) is 11.9. The Morgan fingerprint density at radius 2 is 2.10 bits per heavy atom. The van der Waals surface area contributed by atoms with Crippen LogP contribution in [0.3, 0.4) is 0 Å². The zero-order chi connectivity index (χ0) is 13.9. The number of fused-ring (bicyclic) bond motifs is 1. The molecule has 0 radical (unpaired) electrons. The predicted molar refractivity (Wildman–Crippen MR) is 81.8 cm³/mol. The van der Waals surface area contributed by atoms with Crippen LogP contribution in [0.5, 0.6) is 5.75 Å². The monoisotopic (exact) mass is 267 g/mol. The van der Waals surface area contributed by atoms with Crippen molar-refractivity contribution in [2.24, 2.45) is 5.73 Å². The molecule has 0 saturated heterocycles. The molecule has 0 aromatic heterocycles. The Morgan fingerprint density at radius 3 is 2.95 bits per heavy atom. The zero-order valence-corrected chi connectivity index (χ0v) is 11.9. The molecule has 1 aliphatic carbocycles. The summed E-state index contributed by atoms with van der Waals surface area (Å²) in [6.07, 6.45) is 3.41. The van der Waals surface area contributed by atoms with E-state index >= 15 is 0 Å². The van der Waals surface area contributed by atoms with E-state index < -0.39 is 0 Å². The summed E-state index contributed by atoms with van der Waals surface area (Å²) in [4.78, 5) is 0. The molecule has 3 rings (SSSR count). The van der Waals surface area contributed by atoms with Crippen LogP contribution in [-0.2, 0) is 13.0 Å². The molecule has 0 heterocycles. The molecule has 0 saturated carbocycles. The molecule has 1 unspecified atom stereocenters. The highest BCUT2D eigenvalue weighted by Crippen LogP contribution is 2.31. The highest BCUT2D eigenvalue weighted by atomic mass is 16.5. The van der Waals surface area contributed by atoms with Gasteiger partial charge < -0.3 is 10.5 Å². The van der Waals surface area contributed by atoms with E-state index in [-0.39, 0.29) is 6.04 Å². The van der Waals surface area contributed by atoms with E-state index in [2.05, 4.69) is 49.4 Å². The maximum Gasteiger partial charge on any atom is 0.120 e. The van der Waals surface area contributed by atoms with E-state index in [0.717, 1.165) is 18.6 Å². The minimum Gasteiger partial charge on any atom is -0.489 e. The van der Waals surface area contributed by atoms with Crippen molar-refractivity contribution in [1.82, 2.24) is 0 Å². The van der Waals surface area contributed by atoms with Crippen LogP contribution < -0.4 is 10.5 Å². The summed E-state index contributed by atoms with van der Waals surface area (Å²) in [6, 6.07) is 14.9. The van der Waals surface area contributed by atoms with E-state index in [9.17, 15) is 0 Å². The van der Waals surface area contributed by atoms with Crippen molar-refractivity contribution in [1.29, 1.82) is 0 Å². The second-order valence-electron chi connectivity index (χ2n) is 5.64. The molecule has 104 valence electrons. The van der Waals surface area contributed by atoms with Crippen LogP contribution in [-0.4, -0.2) is 0 Å². The first-order valence-corrected chi connectivity index (χ1v) is 7.29. The molecule has 2 N–H and O–H groups in total. The minimum absolute atomic E-state index is 0.168. The number of rotatable bonds is 3. The first-order valence-electron chi connectivity index (χ1n) is 7.29. The minimum atomic E-state index is 0.168. The average molecular weight is 267 g/mol. The Balaban J connectivity index is 1.73. The molecule has 2 aromatic rings. The lowest BCUT2D eigenvalue weighted by Crippen LogP contribution is -2.17. The van der Waals surface area contributed by atoms with Gasteiger partial charge in [0.15, 0.2) is 0 Å². The fraction of sp³-hybridized carbons (Fsp3) is 0.333. The summed E-state index contributed by atoms with van der Waals surface area (Å²) >= 11 is 0.